The molecule has 0 aromatic heterocycles. The van der Waals surface area contributed by atoms with Gasteiger partial charge in [-0.05, 0) is 57.8 Å². The first-order chi connectivity index (χ1) is 22.6. The zero-order valence-corrected chi connectivity index (χ0v) is 28.9. The largest absolute Gasteiger partial charge is 0.179 e. The number of hydrogen-bond acceptors (Lipinski definition) is 0. The highest BCUT2D eigenvalue weighted by Crippen LogP contribution is 2.34. The third-order valence-corrected chi connectivity index (χ3v) is 19.3. The van der Waals surface area contributed by atoms with Gasteiger partial charge < -0.3 is 0 Å². The number of rotatable bonds is 10. The van der Waals surface area contributed by atoms with Crippen LogP contribution < -0.4 is 25.9 Å². The van der Waals surface area contributed by atoms with Crippen molar-refractivity contribution in [2.75, 3.05) is 0 Å². The number of allylic oxidation sites excluding steroid dienone is 9. The molecule has 0 nitrogen and oxygen atoms in total. The Morgan fingerprint density at radius 2 is 1.09 bits per heavy atom. The first-order valence-corrected chi connectivity index (χ1v) is 20.3. The molecule has 2 heteroatoms. The van der Waals surface area contributed by atoms with E-state index >= 15 is 0 Å². The van der Waals surface area contributed by atoms with Gasteiger partial charge in [-0.3, -0.25) is 0 Å². The first kappa shape index (κ1) is 31.2. The standard InChI is InChI=1S/C44H42Si2/c1-4-5-10-23-37(3)45(38-24-11-6-12-25-38,39-26-13-7-14-27-39)42-32-21-33-43(35-42)46(40-28-15-8-16-29-40,41-30-17-9-18-31-41)44-34-20-19-22-36(44)2/h4-20,22-31,33-35H,3,21,32H2,1-2H3/b5-4-,23-10-. The Morgan fingerprint density at radius 3 is 1.59 bits per heavy atom. The van der Waals surface area contributed by atoms with Crippen LogP contribution in [0.5, 0.6) is 0 Å². The highest BCUT2D eigenvalue weighted by atomic mass is 28.3. The zero-order chi connectivity index (χ0) is 31.8. The lowest BCUT2D eigenvalue weighted by Crippen LogP contribution is -2.69. The molecule has 0 fully saturated rings. The fourth-order valence-corrected chi connectivity index (χ4v) is 17.7. The molecule has 0 unspecified atom stereocenters. The summed E-state index contributed by atoms with van der Waals surface area (Å²) < 4.78 is 0. The van der Waals surface area contributed by atoms with Crippen LogP contribution in [0.15, 0.2) is 204 Å². The van der Waals surface area contributed by atoms with Gasteiger partial charge in [0.1, 0.15) is 0 Å². The van der Waals surface area contributed by atoms with Gasteiger partial charge in [0.15, 0.2) is 16.1 Å². The molecule has 0 radical (unpaired) electrons. The van der Waals surface area contributed by atoms with Crippen LogP contribution in [0.4, 0.5) is 0 Å². The van der Waals surface area contributed by atoms with Gasteiger partial charge >= 0.3 is 0 Å². The van der Waals surface area contributed by atoms with Crippen LogP contribution in [-0.2, 0) is 0 Å². The molecule has 6 rings (SSSR count). The summed E-state index contributed by atoms with van der Waals surface area (Å²) in [5, 5.41) is 11.2. The van der Waals surface area contributed by atoms with Crippen LogP contribution in [0, 0.1) is 6.92 Å². The van der Waals surface area contributed by atoms with Crippen molar-refractivity contribution in [3.8, 4) is 0 Å². The van der Waals surface area contributed by atoms with Crippen LogP contribution in [0.25, 0.3) is 0 Å². The van der Waals surface area contributed by atoms with E-state index in [1.165, 1.54) is 47.1 Å². The van der Waals surface area contributed by atoms with Crippen molar-refractivity contribution >= 4 is 42.1 Å². The van der Waals surface area contributed by atoms with Crippen molar-refractivity contribution in [2.45, 2.75) is 26.7 Å². The summed E-state index contributed by atoms with van der Waals surface area (Å²) in [6.45, 7) is 9.25. The average Bonchev–Trinajstić information content (AvgIpc) is 3.12. The second-order valence-electron chi connectivity index (χ2n) is 12.1. The van der Waals surface area contributed by atoms with E-state index in [0.29, 0.717) is 0 Å². The maximum atomic E-state index is 4.89. The molecule has 0 aliphatic heterocycles. The van der Waals surface area contributed by atoms with E-state index in [1.807, 2.05) is 0 Å². The van der Waals surface area contributed by atoms with E-state index in [4.69, 9.17) is 6.58 Å². The molecule has 1 aliphatic carbocycles. The molecule has 0 heterocycles. The van der Waals surface area contributed by atoms with Crippen molar-refractivity contribution < 1.29 is 0 Å². The van der Waals surface area contributed by atoms with Crippen molar-refractivity contribution in [1.29, 1.82) is 0 Å². The van der Waals surface area contributed by atoms with Gasteiger partial charge in [0.2, 0.25) is 0 Å². The van der Waals surface area contributed by atoms with Gasteiger partial charge in [-0.1, -0.05) is 205 Å². The minimum Gasteiger partial charge on any atom is -0.0987 e. The molecule has 0 amide bonds. The fourth-order valence-electron chi connectivity index (χ4n) is 7.49. The Bertz CT molecular complexity index is 1820. The molecular formula is C44H42Si2. The van der Waals surface area contributed by atoms with Crippen LogP contribution in [0.2, 0.25) is 0 Å². The van der Waals surface area contributed by atoms with Crippen LogP contribution in [0.3, 0.4) is 0 Å². The lowest BCUT2D eigenvalue weighted by molar-refractivity contribution is 1.00. The molecule has 1 aliphatic rings. The van der Waals surface area contributed by atoms with Crippen LogP contribution >= 0.6 is 0 Å². The Balaban J connectivity index is 1.71. The Labute approximate surface area is 277 Å². The molecule has 0 atom stereocenters. The Kier molecular flexibility index (Phi) is 9.58. The highest BCUT2D eigenvalue weighted by molar-refractivity contribution is 7.17. The van der Waals surface area contributed by atoms with Crippen molar-refractivity contribution in [3.05, 3.63) is 210 Å². The van der Waals surface area contributed by atoms with Crippen molar-refractivity contribution in [1.82, 2.24) is 0 Å². The van der Waals surface area contributed by atoms with Gasteiger partial charge in [0, 0.05) is 0 Å². The fraction of sp³-hybridized carbons (Fsp3) is 0.0909. The van der Waals surface area contributed by atoms with Crippen LogP contribution in [-0.4, -0.2) is 16.1 Å². The summed E-state index contributed by atoms with van der Waals surface area (Å²) in [6, 6.07) is 54.1. The molecule has 0 saturated carbocycles. The molecule has 46 heavy (non-hydrogen) atoms. The van der Waals surface area contributed by atoms with Crippen molar-refractivity contribution in [2.24, 2.45) is 0 Å². The number of hydrogen-bond donors (Lipinski definition) is 0. The maximum Gasteiger partial charge on any atom is 0.179 e. The predicted octanol–water partition coefficient (Wildman–Crippen LogP) is 7.68. The van der Waals surface area contributed by atoms with Gasteiger partial charge in [-0.25, -0.2) is 0 Å². The quantitative estimate of drug-likeness (QED) is 0.0848. The summed E-state index contributed by atoms with van der Waals surface area (Å²) >= 11 is 0. The summed E-state index contributed by atoms with van der Waals surface area (Å²) in [5.41, 5.74) is 1.34. The number of benzene rings is 5. The van der Waals surface area contributed by atoms with E-state index in [1.54, 1.807) is 0 Å². The molecule has 5 aromatic carbocycles. The molecule has 0 saturated heterocycles. The summed E-state index contributed by atoms with van der Waals surface area (Å²) in [4.78, 5) is 0. The zero-order valence-electron chi connectivity index (χ0n) is 26.9. The lowest BCUT2D eigenvalue weighted by Gasteiger charge is -2.41. The number of aryl methyl sites for hydroxylation is 1. The summed E-state index contributed by atoms with van der Waals surface area (Å²) in [5.74, 6) is 0. The normalized spacial score (nSPS) is 13.9. The molecular weight excluding hydrogens is 585 g/mol. The lowest BCUT2D eigenvalue weighted by atomic mass is 10.2. The molecule has 0 spiro atoms. The van der Waals surface area contributed by atoms with E-state index in [9.17, 15) is 0 Å². The van der Waals surface area contributed by atoms with Gasteiger partial charge in [0.25, 0.3) is 0 Å². The highest BCUT2D eigenvalue weighted by Gasteiger charge is 2.47. The van der Waals surface area contributed by atoms with Gasteiger partial charge in [-0.2, -0.15) is 0 Å². The second-order valence-corrected chi connectivity index (χ2v) is 19.8. The Hall–Kier alpha value is -4.77. The van der Waals surface area contributed by atoms with E-state index in [-0.39, 0.29) is 0 Å². The summed E-state index contributed by atoms with van der Waals surface area (Å²) in [6.07, 6.45) is 15.8. The predicted molar refractivity (Wildman–Crippen MR) is 205 cm³/mol. The first-order valence-electron chi connectivity index (χ1n) is 16.3. The van der Waals surface area contributed by atoms with E-state index in [2.05, 4.69) is 196 Å². The van der Waals surface area contributed by atoms with Crippen molar-refractivity contribution in [3.63, 3.8) is 0 Å². The monoisotopic (exact) mass is 626 g/mol. The van der Waals surface area contributed by atoms with Gasteiger partial charge in [0.05, 0.1) is 0 Å². The Morgan fingerprint density at radius 1 is 0.609 bits per heavy atom. The molecule has 0 N–H and O–H groups in total. The van der Waals surface area contributed by atoms with Gasteiger partial charge in [-0.15, -0.1) is 0 Å². The average molecular weight is 627 g/mol. The third-order valence-electron chi connectivity index (χ3n) is 9.48. The molecule has 226 valence electrons. The minimum absolute atomic E-state index is 1.00. The third kappa shape index (κ3) is 5.60. The van der Waals surface area contributed by atoms with Crippen LogP contribution in [0.1, 0.15) is 25.3 Å². The molecule has 0 bridgehead atoms. The smallest absolute Gasteiger partial charge is 0.0987 e. The topological polar surface area (TPSA) is 0 Å². The molecule has 5 aromatic rings. The maximum absolute atomic E-state index is 4.89. The minimum atomic E-state index is -2.71. The van der Waals surface area contributed by atoms with E-state index < -0.39 is 16.1 Å². The second kappa shape index (κ2) is 14.1. The summed E-state index contributed by atoms with van der Waals surface area (Å²) in [7, 11) is -5.42. The SMILES string of the molecule is C=C(/C=C\C=C/C)[Si](C1=CC([Si](c2ccccc2)(c2ccccc2)c2ccccc2C)=CCC1)(c1ccccc1)c1ccccc1. The van der Waals surface area contributed by atoms with E-state index in [0.717, 1.165) is 12.8 Å².